The molecule has 1 amide bonds. The molecule has 1 aromatic carbocycles. The third-order valence-electron chi connectivity index (χ3n) is 4.03. The lowest BCUT2D eigenvalue weighted by atomic mass is 10.0. The highest BCUT2D eigenvalue weighted by Gasteiger charge is 2.26. The van der Waals surface area contributed by atoms with Crippen LogP contribution in [0.2, 0.25) is 0 Å². The molecule has 0 bridgehead atoms. The zero-order chi connectivity index (χ0) is 19.3. The second kappa shape index (κ2) is 8.77. The van der Waals surface area contributed by atoms with Crippen LogP contribution in [0.4, 0.5) is 13.6 Å². The molecule has 26 heavy (non-hydrogen) atoms. The van der Waals surface area contributed by atoms with E-state index >= 15 is 0 Å². The van der Waals surface area contributed by atoms with E-state index in [2.05, 4.69) is 10.6 Å². The summed E-state index contributed by atoms with van der Waals surface area (Å²) in [6, 6.07) is 2.43. The summed E-state index contributed by atoms with van der Waals surface area (Å²) in [6.07, 6.45) is 0.852. The van der Waals surface area contributed by atoms with E-state index in [4.69, 9.17) is 4.74 Å². The number of ether oxygens (including phenoxy) is 1. The minimum atomic E-state index is -0.924. The molecule has 0 spiro atoms. The monoisotopic (exact) mass is 370 g/mol. The molecule has 1 saturated carbocycles. The van der Waals surface area contributed by atoms with Gasteiger partial charge in [0.15, 0.2) is 0 Å². The topological polar surface area (TPSA) is 70.6 Å². The molecule has 1 aliphatic rings. The number of hydrogen-bond donors (Lipinski definition) is 3. The lowest BCUT2D eigenvalue weighted by Crippen LogP contribution is -2.50. The summed E-state index contributed by atoms with van der Waals surface area (Å²) in [5, 5.41) is 16.3. The molecule has 2 rings (SSSR count). The van der Waals surface area contributed by atoms with Crippen molar-refractivity contribution in [1.82, 2.24) is 10.6 Å². The van der Waals surface area contributed by atoms with Gasteiger partial charge in [-0.3, -0.25) is 0 Å². The highest BCUT2D eigenvalue weighted by atomic mass is 19.1. The van der Waals surface area contributed by atoms with Gasteiger partial charge in [-0.25, -0.2) is 13.6 Å². The summed E-state index contributed by atoms with van der Waals surface area (Å²) in [7, 11) is 0. The number of rotatable bonds is 8. The Morgan fingerprint density at radius 1 is 1.27 bits per heavy atom. The zero-order valence-electron chi connectivity index (χ0n) is 15.5. The fourth-order valence-electron chi connectivity index (χ4n) is 2.62. The number of halogens is 2. The van der Waals surface area contributed by atoms with Gasteiger partial charge in [0.2, 0.25) is 0 Å². The third-order valence-corrected chi connectivity index (χ3v) is 4.03. The number of aliphatic hydroxyl groups is 1. The van der Waals surface area contributed by atoms with Gasteiger partial charge in [0, 0.05) is 12.6 Å². The number of amides is 1. The number of nitrogens with one attached hydrogen (secondary N) is 2. The Hall–Kier alpha value is -1.73. The van der Waals surface area contributed by atoms with E-state index in [9.17, 15) is 18.7 Å². The van der Waals surface area contributed by atoms with E-state index in [1.165, 1.54) is 25.0 Å². The van der Waals surface area contributed by atoms with Crippen LogP contribution >= 0.6 is 0 Å². The minimum absolute atomic E-state index is 0.0835. The smallest absolute Gasteiger partial charge is 0.407 e. The number of benzene rings is 1. The van der Waals surface area contributed by atoms with E-state index in [0.29, 0.717) is 11.5 Å². The second-order valence-corrected chi connectivity index (χ2v) is 7.90. The van der Waals surface area contributed by atoms with Crippen molar-refractivity contribution in [2.75, 3.05) is 13.1 Å². The predicted octanol–water partition coefficient (Wildman–Crippen LogP) is 2.76. The van der Waals surface area contributed by atoms with Gasteiger partial charge in [0.1, 0.15) is 17.2 Å². The SMILES string of the molecule is CC(C)(C)OC(=O)N[C@@H](Cc1cc(F)cc(F)c1)[C@H](O)CNCC1CC1. The maximum atomic E-state index is 13.4. The first-order valence-corrected chi connectivity index (χ1v) is 8.95. The van der Waals surface area contributed by atoms with Gasteiger partial charge in [0.05, 0.1) is 12.1 Å². The molecule has 1 fully saturated rings. The summed E-state index contributed by atoms with van der Waals surface area (Å²) in [5.41, 5.74) is -0.334. The first-order chi connectivity index (χ1) is 12.1. The lowest BCUT2D eigenvalue weighted by molar-refractivity contribution is 0.0422. The summed E-state index contributed by atoms with van der Waals surface area (Å²) < 4.78 is 32.1. The van der Waals surface area contributed by atoms with Crippen LogP contribution in [0.1, 0.15) is 39.2 Å². The Balaban J connectivity index is 2.01. The first-order valence-electron chi connectivity index (χ1n) is 8.95. The van der Waals surface area contributed by atoms with Crippen LogP contribution in [0.25, 0.3) is 0 Å². The van der Waals surface area contributed by atoms with Crippen LogP contribution in [0, 0.1) is 17.6 Å². The predicted molar refractivity (Wildman–Crippen MR) is 94.8 cm³/mol. The molecule has 7 heteroatoms. The van der Waals surface area contributed by atoms with E-state index in [1.807, 2.05) is 0 Å². The van der Waals surface area contributed by atoms with Crippen molar-refractivity contribution in [3.05, 3.63) is 35.4 Å². The van der Waals surface area contributed by atoms with Gasteiger partial charge in [-0.1, -0.05) is 0 Å². The van der Waals surface area contributed by atoms with Gasteiger partial charge >= 0.3 is 6.09 Å². The average Bonchev–Trinajstić information content (AvgIpc) is 3.27. The van der Waals surface area contributed by atoms with Crippen LogP contribution in [0.15, 0.2) is 18.2 Å². The number of hydrogen-bond acceptors (Lipinski definition) is 4. The Kier molecular flexibility index (Phi) is 6.94. The molecule has 0 unspecified atom stereocenters. The van der Waals surface area contributed by atoms with Crippen molar-refractivity contribution in [2.24, 2.45) is 5.92 Å². The molecular weight excluding hydrogens is 342 g/mol. The molecule has 0 saturated heterocycles. The quantitative estimate of drug-likeness (QED) is 0.658. The van der Waals surface area contributed by atoms with Gasteiger partial charge in [-0.2, -0.15) is 0 Å². The second-order valence-electron chi connectivity index (χ2n) is 7.90. The van der Waals surface area contributed by atoms with Gasteiger partial charge in [0.25, 0.3) is 0 Å². The van der Waals surface area contributed by atoms with Crippen molar-refractivity contribution in [3.63, 3.8) is 0 Å². The van der Waals surface area contributed by atoms with Crippen LogP contribution < -0.4 is 10.6 Å². The highest BCUT2D eigenvalue weighted by molar-refractivity contribution is 5.68. The molecule has 5 nitrogen and oxygen atoms in total. The number of aliphatic hydroxyl groups excluding tert-OH is 1. The Labute approximate surface area is 153 Å². The Bertz CT molecular complexity index is 595. The van der Waals surface area contributed by atoms with E-state index in [0.717, 1.165) is 12.6 Å². The standard InChI is InChI=1S/C19H28F2N2O3/c1-19(2,3)26-18(25)23-16(17(24)11-22-10-12-4-5-12)8-13-6-14(20)9-15(21)7-13/h6-7,9,12,16-17,22,24H,4-5,8,10-11H2,1-3H3,(H,23,25)/t16-,17+/m0/s1. The third kappa shape index (κ3) is 7.66. The molecule has 1 aliphatic carbocycles. The summed E-state index contributed by atoms with van der Waals surface area (Å²) in [4.78, 5) is 12.1. The van der Waals surface area contributed by atoms with Gasteiger partial charge < -0.3 is 20.5 Å². The van der Waals surface area contributed by atoms with Crippen molar-refractivity contribution in [1.29, 1.82) is 0 Å². The number of alkyl carbamates (subject to hydrolysis) is 1. The van der Waals surface area contributed by atoms with Gasteiger partial charge in [-0.05, 0) is 70.2 Å². The molecule has 1 aromatic rings. The van der Waals surface area contributed by atoms with Crippen LogP contribution in [0.3, 0.4) is 0 Å². The van der Waals surface area contributed by atoms with Gasteiger partial charge in [-0.15, -0.1) is 0 Å². The van der Waals surface area contributed by atoms with Crippen molar-refractivity contribution < 1.29 is 23.4 Å². The highest BCUT2D eigenvalue weighted by Crippen LogP contribution is 2.27. The van der Waals surface area contributed by atoms with E-state index < -0.39 is 35.5 Å². The summed E-state index contributed by atoms with van der Waals surface area (Å²) in [6.45, 7) is 6.28. The molecule has 146 valence electrons. The molecule has 0 aliphatic heterocycles. The van der Waals surface area contributed by atoms with Crippen LogP contribution in [0.5, 0.6) is 0 Å². The zero-order valence-corrected chi connectivity index (χ0v) is 15.5. The first kappa shape index (κ1) is 20.6. The van der Waals surface area contributed by atoms with E-state index in [1.54, 1.807) is 20.8 Å². The van der Waals surface area contributed by atoms with Crippen LogP contribution in [-0.4, -0.2) is 42.0 Å². The minimum Gasteiger partial charge on any atom is -0.444 e. The van der Waals surface area contributed by atoms with Crippen LogP contribution in [-0.2, 0) is 11.2 Å². The molecule has 3 N–H and O–H groups in total. The average molecular weight is 370 g/mol. The number of carbonyl (C=O) groups is 1. The molecule has 0 aromatic heterocycles. The Morgan fingerprint density at radius 2 is 1.88 bits per heavy atom. The lowest BCUT2D eigenvalue weighted by Gasteiger charge is -2.27. The summed E-state index contributed by atoms with van der Waals surface area (Å²) >= 11 is 0. The maximum absolute atomic E-state index is 13.4. The Morgan fingerprint density at radius 3 is 2.42 bits per heavy atom. The fraction of sp³-hybridized carbons (Fsp3) is 0.632. The molecule has 0 radical (unpaired) electrons. The maximum Gasteiger partial charge on any atom is 0.407 e. The number of carbonyl (C=O) groups excluding carboxylic acids is 1. The van der Waals surface area contributed by atoms with E-state index in [-0.39, 0.29) is 13.0 Å². The molecule has 2 atom stereocenters. The fourth-order valence-corrected chi connectivity index (χ4v) is 2.62. The molecular formula is C19H28F2N2O3. The largest absolute Gasteiger partial charge is 0.444 e. The summed E-state index contributed by atoms with van der Waals surface area (Å²) in [5.74, 6) is -0.744. The normalized spacial score (nSPS) is 16.8. The van der Waals surface area contributed by atoms with Crippen molar-refractivity contribution in [2.45, 2.75) is 57.8 Å². The van der Waals surface area contributed by atoms with Crippen molar-refractivity contribution in [3.8, 4) is 0 Å². The van der Waals surface area contributed by atoms with Crippen molar-refractivity contribution >= 4 is 6.09 Å². The molecule has 0 heterocycles.